The summed E-state index contributed by atoms with van der Waals surface area (Å²) in [4.78, 5) is 23.4. The number of nitrogens with zero attached hydrogens (tertiary/aromatic N) is 1. The van der Waals surface area contributed by atoms with E-state index < -0.39 is 0 Å². The molecular weight excluding hydrogens is 154 g/mol. The van der Waals surface area contributed by atoms with Crippen molar-refractivity contribution in [3.63, 3.8) is 0 Å². The van der Waals surface area contributed by atoms with Gasteiger partial charge < -0.3 is 4.90 Å². The molecule has 0 aliphatic carbocycles. The fourth-order valence-electron chi connectivity index (χ4n) is 1.48. The van der Waals surface area contributed by atoms with Gasteiger partial charge in [-0.1, -0.05) is 0 Å². The first-order chi connectivity index (χ1) is 5.61. The molecule has 0 spiro atoms. The third-order valence-electron chi connectivity index (χ3n) is 2.34. The highest BCUT2D eigenvalue weighted by Gasteiger charge is 2.23. The van der Waals surface area contributed by atoms with Gasteiger partial charge in [0, 0.05) is 32.9 Å². The zero-order valence-electron chi connectivity index (χ0n) is 7.25. The highest BCUT2D eigenvalue weighted by Crippen LogP contribution is 2.17. The van der Waals surface area contributed by atoms with Crippen molar-refractivity contribution >= 4 is 11.7 Å². The Hall–Kier alpha value is -0.860. The quantitative estimate of drug-likeness (QED) is 0.571. The van der Waals surface area contributed by atoms with Gasteiger partial charge in [-0.15, -0.1) is 0 Å². The lowest BCUT2D eigenvalue weighted by atomic mass is 9.93. The van der Waals surface area contributed by atoms with E-state index in [9.17, 15) is 9.59 Å². The molecule has 1 fully saturated rings. The summed E-state index contributed by atoms with van der Waals surface area (Å²) >= 11 is 0. The second kappa shape index (κ2) is 3.70. The molecule has 0 saturated carbocycles. The van der Waals surface area contributed by atoms with Gasteiger partial charge in [-0.25, -0.2) is 0 Å². The number of piperidine rings is 1. The van der Waals surface area contributed by atoms with E-state index >= 15 is 0 Å². The van der Waals surface area contributed by atoms with Crippen LogP contribution in [0.5, 0.6) is 0 Å². The van der Waals surface area contributed by atoms with Crippen LogP contribution in [0.1, 0.15) is 19.8 Å². The minimum atomic E-state index is -0.238. The van der Waals surface area contributed by atoms with Gasteiger partial charge >= 0.3 is 0 Å². The normalized spacial score (nSPS) is 19.3. The van der Waals surface area contributed by atoms with Crippen molar-refractivity contribution in [1.29, 1.82) is 0 Å². The van der Waals surface area contributed by atoms with Crippen LogP contribution in [0.15, 0.2) is 0 Å². The predicted molar refractivity (Wildman–Crippen MR) is 44.3 cm³/mol. The van der Waals surface area contributed by atoms with Crippen molar-refractivity contribution in [3.05, 3.63) is 6.92 Å². The van der Waals surface area contributed by atoms with E-state index in [4.69, 9.17) is 6.92 Å². The molecule has 0 aromatic heterocycles. The van der Waals surface area contributed by atoms with E-state index in [1.807, 2.05) is 0 Å². The number of hydrogen-bond acceptors (Lipinski definition) is 2. The molecule has 1 heterocycles. The topological polar surface area (TPSA) is 37.4 Å². The molecule has 0 aromatic rings. The molecule has 0 N–H and O–H groups in total. The second-order valence-electron chi connectivity index (χ2n) is 3.18. The Morgan fingerprint density at radius 3 is 2.17 bits per heavy atom. The summed E-state index contributed by atoms with van der Waals surface area (Å²) in [5.41, 5.74) is 0. The maximum absolute atomic E-state index is 10.9. The summed E-state index contributed by atoms with van der Waals surface area (Å²) in [7, 11) is 0. The van der Waals surface area contributed by atoms with Gasteiger partial charge in [0.2, 0.25) is 5.91 Å². The van der Waals surface area contributed by atoms with Crippen LogP contribution in [0.4, 0.5) is 0 Å². The largest absolute Gasteiger partial charge is 0.343 e. The van der Waals surface area contributed by atoms with Crippen LogP contribution >= 0.6 is 0 Å². The number of hydrogen-bond donors (Lipinski definition) is 0. The first-order valence-corrected chi connectivity index (χ1v) is 4.16. The standard InChI is InChI=1S/C9H13NO2/c1-7(11)9-3-5-10(6-4-9)8(2)12/h1,9H,3-6H2,2H3. The molecule has 3 heteroatoms. The Labute approximate surface area is 72.7 Å². The Morgan fingerprint density at radius 1 is 1.33 bits per heavy atom. The summed E-state index contributed by atoms with van der Waals surface area (Å²) in [6, 6.07) is 0. The Bertz CT molecular complexity index is 171. The van der Waals surface area contributed by atoms with Crippen LogP contribution in [0.3, 0.4) is 0 Å². The molecule has 0 aromatic carbocycles. The van der Waals surface area contributed by atoms with Crippen molar-refractivity contribution < 1.29 is 9.59 Å². The van der Waals surface area contributed by atoms with E-state index in [0.717, 1.165) is 12.8 Å². The second-order valence-corrected chi connectivity index (χ2v) is 3.18. The predicted octanol–water partition coefficient (Wildman–Crippen LogP) is 0.525. The number of ketones is 1. The lowest BCUT2D eigenvalue weighted by molar-refractivity contribution is -0.132. The van der Waals surface area contributed by atoms with Crippen LogP contribution < -0.4 is 0 Å². The van der Waals surface area contributed by atoms with Crippen LogP contribution in [0.25, 0.3) is 0 Å². The average molecular weight is 167 g/mol. The van der Waals surface area contributed by atoms with Gasteiger partial charge in [0.05, 0.1) is 0 Å². The molecule has 0 atom stereocenters. The van der Waals surface area contributed by atoms with Crippen molar-refractivity contribution in [2.24, 2.45) is 5.92 Å². The summed E-state index contributed by atoms with van der Waals surface area (Å²) in [5.74, 6) is -0.184. The number of carbonyl (C=O) groups excluding carboxylic acids is 2. The minimum absolute atomic E-state index is 0.0272. The lowest BCUT2D eigenvalue weighted by Gasteiger charge is -2.29. The molecule has 0 bridgehead atoms. The van der Waals surface area contributed by atoms with Gasteiger partial charge in [-0.2, -0.15) is 0 Å². The molecular formula is C9H13NO2. The van der Waals surface area contributed by atoms with Crippen LogP contribution in [0, 0.1) is 12.8 Å². The Balaban J connectivity index is 2.39. The van der Waals surface area contributed by atoms with Crippen molar-refractivity contribution in [2.75, 3.05) is 13.1 Å². The van der Waals surface area contributed by atoms with E-state index in [2.05, 4.69) is 0 Å². The molecule has 1 aliphatic rings. The minimum Gasteiger partial charge on any atom is -0.343 e. The molecule has 1 saturated heterocycles. The molecule has 0 unspecified atom stereocenters. The fourth-order valence-corrected chi connectivity index (χ4v) is 1.48. The van der Waals surface area contributed by atoms with Crippen molar-refractivity contribution in [2.45, 2.75) is 19.8 Å². The summed E-state index contributed by atoms with van der Waals surface area (Å²) < 4.78 is 0. The highest BCUT2D eigenvalue weighted by molar-refractivity contribution is 5.85. The monoisotopic (exact) mass is 167 g/mol. The van der Waals surface area contributed by atoms with Gasteiger partial charge in [0.1, 0.15) is 5.78 Å². The molecule has 1 aliphatic heterocycles. The number of carbonyl (C=O) groups is 2. The molecule has 1 rings (SSSR count). The van der Waals surface area contributed by atoms with E-state index in [1.165, 1.54) is 0 Å². The smallest absolute Gasteiger partial charge is 0.219 e. The maximum atomic E-state index is 10.9. The SMILES string of the molecule is [CH]C(=O)C1CCN(C(C)=O)CC1. The first kappa shape index (κ1) is 9.23. The van der Waals surface area contributed by atoms with E-state index in [-0.39, 0.29) is 17.6 Å². The molecule has 12 heavy (non-hydrogen) atoms. The van der Waals surface area contributed by atoms with Crippen LogP contribution in [-0.4, -0.2) is 29.7 Å². The number of likely N-dealkylation sites (tertiary alicyclic amines) is 1. The Kier molecular flexibility index (Phi) is 2.84. The summed E-state index contributed by atoms with van der Waals surface area (Å²) in [5, 5.41) is 0. The highest BCUT2D eigenvalue weighted by atomic mass is 16.2. The van der Waals surface area contributed by atoms with Crippen molar-refractivity contribution in [3.8, 4) is 0 Å². The van der Waals surface area contributed by atoms with Crippen LogP contribution in [-0.2, 0) is 9.59 Å². The number of rotatable bonds is 1. The zero-order chi connectivity index (χ0) is 9.14. The average Bonchev–Trinajstić information content (AvgIpc) is 2.04. The summed E-state index contributed by atoms with van der Waals surface area (Å²) in [6.07, 6.45) is 1.43. The third-order valence-corrected chi connectivity index (χ3v) is 2.34. The number of Topliss-reactive ketones (excluding diaryl/α,β-unsaturated/α-hetero) is 1. The van der Waals surface area contributed by atoms with E-state index in [1.54, 1.807) is 11.8 Å². The van der Waals surface area contributed by atoms with E-state index in [0.29, 0.717) is 13.1 Å². The van der Waals surface area contributed by atoms with Gasteiger partial charge in [0.25, 0.3) is 0 Å². The lowest BCUT2D eigenvalue weighted by Crippen LogP contribution is -2.38. The first-order valence-electron chi connectivity index (χ1n) is 4.16. The zero-order valence-corrected chi connectivity index (χ0v) is 7.25. The molecule has 3 nitrogen and oxygen atoms in total. The molecule has 66 valence electrons. The maximum Gasteiger partial charge on any atom is 0.219 e. The Morgan fingerprint density at radius 2 is 1.83 bits per heavy atom. The van der Waals surface area contributed by atoms with Crippen LogP contribution in [0.2, 0.25) is 0 Å². The molecule has 1 amide bonds. The summed E-state index contributed by atoms with van der Waals surface area (Å²) in [6.45, 7) is 8.03. The third kappa shape index (κ3) is 2.06. The van der Waals surface area contributed by atoms with Gasteiger partial charge in [-0.3, -0.25) is 9.59 Å². The van der Waals surface area contributed by atoms with Gasteiger partial charge in [0.15, 0.2) is 0 Å². The fraction of sp³-hybridized carbons (Fsp3) is 0.667. The molecule has 2 radical (unpaired) electrons. The van der Waals surface area contributed by atoms with Gasteiger partial charge in [-0.05, 0) is 12.8 Å². The van der Waals surface area contributed by atoms with Crippen molar-refractivity contribution in [1.82, 2.24) is 4.90 Å². The number of amides is 1.